The number of benzene rings is 1. The van der Waals surface area contributed by atoms with E-state index in [1.807, 2.05) is 62.1 Å². The summed E-state index contributed by atoms with van der Waals surface area (Å²) < 4.78 is 3.71. The van der Waals surface area contributed by atoms with Gasteiger partial charge in [-0.05, 0) is 36.6 Å². The summed E-state index contributed by atoms with van der Waals surface area (Å²) in [6.45, 7) is 4.65. The highest BCUT2D eigenvalue weighted by molar-refractivity contribution is 5.57. The highest BCUT2D eigenvalue weighted by Crippen LogP contribution is 2.26. The van der Waals surface area contributed by atoms with Crippen molar-refractivity contribution in [3.05, 3.63) is 65.6 Å². The van der Waals surface area contributed by atoms with Crippen LogP contribution >= 0.6 is 0 Å². The number of aromatic nitrogens is 3. The SMILES string of the molecule is Cc1ccc(C)c(N=Nc2cnn(Cc3cc[n+](C)cc3)c2N)c1.[Cl-]. The Morgan fingerprint density at radius 3 is 2.48 bits per heavy atom. The highest BCUT2D eigenvalue weighted by atomic mass is 35.5. The Morgan fingerprint density at radius 1 is 1.08 bits per heavy atom. The summed E-state index contributed by atoms with van der Waals surface area (Å²) in [5.74, 6) is 0.511. The molecule has 0 bridgehead atoms. The number of nitrogen functional groups attached to an aromatic ring is 1. The van der Waals surface area contributed by atoms with E-state index >= 15 is 0 Å². The Morgan fingerprint density at radius 2 is 1.76 bits per heavy atom. The summed E-state index contributed by atoms with van der Waals surface area (Å²) in [6, 6.07) is 10.2. The zero-order chi connectivity index (χ0) is 17.1. The van der Waals surface area contributed by atoms with Crippen LogP contribution in [-0.4, -0.2) is 9.78 Å². The molecule has 3 rings (SSSR count). The van der Waals surface area contributed by atoms with Gasteiger partial charge in [0, 0.05) is 12.1 Å². The summed E-state index contributed by atoms with van der Waals surface area (Å²) in [4.78, 5) is 0. The van der Waals surface area contributed by atoms with E-state index < -0.39 is 0 Å². The predicted octanol–water partition coefficient (Wildman–Crippen LogP) is 0.374. The first-order valence-corrected chi connectivity index (χ1v) is 7.77. The third-order valence-electron chi connectivity index (χ3n) is 3.87. The van der Waals surface area contributed by atoms with Crippen molar-refractivity contribution in [2.24, 2.45) is 17.3 Å². The van der Waals surface area contributed by atoms with Gasteiger partial charge in [-0.25, -0.2) is 9.25 Å². The molecule has 25 heavy (non-hydrogen) atoms. The number of pyridine rings is 1. The van der Waals surface area contributed by atoms with Crippen molar-refractivity contribution in [3.63, 3.8) is 0 Å². The molecule has 0 saturated carbocycles. The van der Waals surface area contributed by atoms with Crippen molar-refractivity contribution in [1.29, 1.82) is 0 Å². The fraction of sp³-hybridized carbons (Fsp3) is 0.222. The molecular weight excluding hydrogens is 336 g/mol. The second-order valence-electron chi connectivity index (χ2n) is 5.93. The molecule has 0 aliphatic rings. The van der Waals surface area contributed by atoms with Crippen molar-refractivity contribution in [3.8, 4) is 0 Å². The van der Waals surface area contributed by atoms with Gasteiger partial charge in [0.25, 0.3) is 0 Å². The van der Waals surface area contributed by atoms with E-state index in [2.05, 4.69) is 21.4 Å². The fourth-order valence-corrected chi connectivity index (χ4v) is 2.33. The quantitative estimate of drug-likeness (QED) is 0.542. The standard InChI is InChI=1S/C18H21N6.ClH/c1-13-4-5-14(2)16(10-13)21-22-17-11-20-24(18(17)19)12-15-6-8-23(3)9-7-15;/h4-11H,12,19H2,1-3H3;1H/q+1;/p-1. The average molecular weight is 357 g/mol. The van der Waals surface area contributed by atoms with Crippen LogP contribution in [0.25, 0.3) is 0 Å². The van der Waals surface area contributed by atoms with Gasteiger partial charge < -0.3 is 18.1 Å². The van der Waals surface area contributed by atoms with E-state index in [0.717, 1.165) is 22.4 Å². The van der Waals surface area contributed by atoms with Crippen molar-refractivity contribution >= 4 is 17.2 Å². The van der Waals surface area contributed by atoms with Gasteiger partial charge in [0.15, 0.2) is 12.4 Å². The third kappa shape index (κ3) is 4.42. The summed E-state index contributed by atoms with van der Waals surface area (Å²) in [7, 11) is 1.98. The third-order valence-corrected chi connectivity index (χ3v) is 3.87. The van der Waals surface area contributed by atoms with Gasteiger partial charge in [0.1, 0.15) is 18.6 Å². The number of anilines is 1. The molecule has 0 radical (unpaired) electrons. The van der Waals surface area contributed by atoms with Crippen molar-refractivity contribution in [1.82, 2.24) is 9.78 Å². The molecule has 0 spiro atoms. The lowest BCUT2D eigenvalue weighted by atomic mass is 10.1. The lowest BCUT2D eigenvalue weighted by Gasteiger charge is -2.03. The molecular formula is C18H21ClN6. The molecule has 0 fully saturated rings. The molecule has 0 saturated heterocycles. The zero-order valence-corrected chi connectivity index (χ0v) is 15.3. The number of nitrogens with zero attached hydrogens (tertiary/aromatic N) is 5. The summed E-state index contributed by atoms with van der Waals surface area (Å²) in [6.07, 6.45) is 5.64. The lowest BCUT2D eigenvalue weighted by molar-refractivity contribution is -0.671. The number of azo groups is 1. The molecule has 0 aliphatic heterocycles. The zero-order valence-electron chi connectivity index (χ0n) is 14.5. The summed E-state index contributed by atoms with van der Waals surface area (Å²) in [5, 5.41) is 12.9. The van der Waals surface area contributed by atoms with E-state index in [4.69, 9.17) is 5.73 Å². The van der Waals surface area contributed by atoms with E-state index in [9.17, 15) is 0 Å². The van der Waals surface area contributed by atoms with Gasteiger partial charge in [0.2, 0.25) is 0 Å². The molecule has 2 N–H and O–H groups in total. The Balaban J connectivity index is 0.00000225. The maximum Gasteiger partial charge on any atom is 0.168 e. The van der Waals surface area contributed by atoms with Crippen LogP contribution in [0.1, 0.15) is 16.7 Å². The summed E-state index contributed by atoms with van der Waals surface area (Å²) in [5.41, 5.74) is 10.9. The Labute approximate surface area is 153 Å². The molecule has 0 amide bonds. The predicted molar refractivity (Wildman–Crippen MR) is 93.5 cm³/mol. The number of aryl methyl sites for hydroxylation is 3. The molecule has 1 aromatic carbocycles. The number of nitrogens with two attached hydrogens (primary N) is 1. The number of halogens is 1. The molecule has 130 valence electrons. The first-order valence-electron chi connectivity index (χ1n) is 7.77. The minimum atomic E-state index is 0. The van der Waals surface area contributed by atoms with Crippen LogP contribution in [-0.2, 0) is 13.6 Å². The maximum absolute atomic E-state index is 6.15. The van der Waals surface area contributed by atoms with Gasteiger partial charge in [-0.15, -0.1) is 5.11 Å². The maximum atomic E-state index is 6.15. The lowest BCUT2D eigenvalue weighted by Crippen LogP contribution is -3.00. The van der Waals surface area contributed by atoms with E-state index in [-0.39, 0.29) is 12.4 Å². The first kappa shape index (κ1) is 18.6. The Kier molecular flexibility index (Phi) is 5.88. The van der Waals surface area contributed by atoms with Gasteiger partial charge in [-0.1, -0.05) is 12.1 Å². The van der Waals surface area contributed by atoms with E-state index in [1.165, 1.54) is 0 Å². The van der Waals surface area contributed by atoms with Crippen LogP contribution in [0, 0.1) is 13.8 Å². The van der Waals surface area contributed by atoms with Crippen LogP contribution in [0.2, 0.25) is 0 Å². The second-order valence-corrected chi connectivity index (χ2v) is 5.93. The van der Waals surface area contributed by atoms with Crippen LogP contribution < -0.4 is 22.7 Å². The number of rotatable bonds is 4. The molecule has 3 aromatic rings. The molecule has 0 atom stereocenters. The molecule has 2 aromatic heterocycles. The van der Waals surface area contributed by atoms with Gasteiger partial charge in [-0.2, -0.15) is 10.2 Å². The van der Waals surface area contributed by atoms with Gasteiger partial charge in [0.05, 0.1) is 18.4 Å². The van der Waals surface area contributed by atoms with E-state index in [1.54, 1.807) is 10.9 Å². The van der Waals surface area contributed by atoms with Crippen LogP contribution in [0.4, 0.5) is 17.2 Å². The topological polar surface area (TPSA) is 72.4 Å². The van der Waals surface area contributed by atoms with Crippen LogP contribution in [0.3, 0.4) is 0 Å². The van der Waals surface area contributed by atoms with Crippen molar-refractivity contribution in [2.75, 3.05) is 5.73 Å². The van der Waals surface area contributed by atoms with Crippen LogP contribution in [0.5, 0.6) is 0 Å². The molecule has 2 heterocycles. The monoisotopic (exact) mass is 356 g/mol. The average Bonchev–Trinajstić information content (AvgIpc) is 2.91. The van der Waals surface area contributed by atoms with E-state index in [0.29, 0.717) is 18.1 Å². The molecule has 6 nitrogen and oxygen atoms in total. The minimum Gasteiger partial charge on any atom is -1.00 e. The Hall–Kier alpha value is -2.73. The van der Waals surface area contributed by atoms with Crippen LogP contribution in [0.15, 0.2) is 59.2 Å². The first-order chi connectivity index (χ1) is 11.5. The Bertz CT molecular complexity index is 883. The number of hydrogen-bond acceptors (Lipinski definition) is 4. The molecule has 0 unspecified atom stereocenters. The number of hydrogen-bond donors (Lipinski definition) is 1. The van der Waals surface area contributed by atoms with Crippen molar-refractivity contribution < 1.29 is 17.0 Å². The minimum absolute atomic E-state index is 0. The normalized spacial score (nSPS) is 10.8. The fourth-order valence-electron chi connectivity index (χ4n) is 2.33. The largest absolute Gasteiger partial charge is 1.00 e. The van der Waals surface area contributed by atoms with Crippen molar-refractivity contribution in [2.45, 2.75) is 20.4 Å². The molecule has 0 aliphatic carbocycles. The van der Waals surface area contributed by atoms with Gasteiger partial charge in [-0.3, -0.25) is 0 Å². The van der Waals surface area contributed by atoms with Gasteiger partial charge >= 0.3 is 0 Å². The second kappa shape index (κ2) is 7.90. The molecule has 7 heteroatoms. The summed E-state index contributed by atoms with van der Waals surface area (Å²) >= 11 is 0. The highest BCUT2D eigenvalue weighted by Gasteiger charge is 2.08. The smallest absolute Gasteiger partial charge is 0.168 e.